The maximum Gasteiger partial charge on any atom is 0.246 e. The molecule has 148 valence electrons. The summed E-state index contributed by atoms with van der Waals surface area (Å²) in [5, 5.41) is 0. The monoisotopic (exact) mass is 420 g/mol. The smallest absolute Gasteiger partial charge is 0.246 e. The first-order valence-electron chi connectivity index (χ1n) is 9.09. The predicted molar refractivity (Wildman–Crippen MR) is 111 cm³/mol. The molecule has 1 aliphatic rings. The van der Waals surface area contributed by atoms with Gasteiger partial charge in [0.1, 0.15) is 11.4 Å². The van der Waals surface area contributed by atoms with Gasteiger partial charge in [-0.15, -0.1) is 11.8 Å². The average molecular weight is 420 g/mol. The van der Waals surface area contributed by atoms with Crippen LogP contribution in [0.2, 0.25) is 0 Å². The molecule has 0 radical (unpaired) electrons. The van der Waals surface area contributed by atoms with E-state index in [-0.39, 0.29) is 11.6 Å². The van der Waals surface area contributed by atoms with E-state index in [2.05, 4.69) is 15.0 Å². The SMILES string of the molecule is Fc1cc(-c2nccnc2Oc2ccc(N3CSc4ccccc43)c(F)c2)ccn1. The van der Waals surface area contributed by atoms with E-state index in [9.17, 15) is 8.78 Å². The summed E-state index contributed by atoms with van der Waals surface area (Å²) in [4.78, 5) is 15.0. The number of ether oxygens (including phenoxy) is 1. The minimum Gasteiger partial charge on any atom is -0.437 e. The quantitative estimate of drug-likeness (QED) is 0.388. The standard InChI is InChI=1S/C22H14F2N4OS/c23-16-12-15(5-6-17(16)28-13-30-19-4-2-1-3-18(19)28)29-22-21(26-9-10-27-22)14-7-8-25-20(24)11-14/h1-12H,13H2. The van der Waals surface area contributed by atoms with Crippen LogP contribution in [0.1, 0.15) is 0 Å². The van der Waals surface area contributed by atoms with Crippen molar-refractivity contribution < 1.29 is 13.5 Å². The van der Waals surface area contributed by atoms with E-state index < -0.39 is 11.8 Å². The Morgan fingerprint density at radius 2 is 1.73 bits per heavy atom. The van der Waals surface area contributed by atoms with E-state index in [0.717, 1.165) is 10.6 Å². The number of nitrogens with zero attached hydrogens (tertiary/aromatic N) is 4. The van der Waals surface area contributed by atoms with Gasteiger partial charge in [0, 0.05) is 41.2 Å². The zero-order valence-corrected chi connectivity index (χ0v) is 16.3. The Hall–Kier alpha value is -3.52. The van der Waals surface area contributed by atoms with Crippen molar-refractivity contribution in [2.75, 3.05) is 10.8 Å². The summed E-state index contributed by atoms with van der Waals surface area (Å²) in [5.41, 5.74) is 2.25. The third-order valence-corrected chi connectivity index (χ3v) is 5.64. The van der Waals surface area contributed by atoms with Gasteiger partial charge in [-0.2, -0.15) is 4.39 Å². The van der Waals surface area contributed by atoms with Gasteiger partial charge < -0.3 is 9.64 Å². The minimum absolute atomic E-state index is 0.150. The van der Waals surface area contributed by atoms with Crippen molar-refractivity contribution in [2.45, 2.75) is 4.90 Å². The first-order chi connectivity index (χ1) is 14.7. The molecule has 0 amide bonds. The molecule has 0 aliphatic carbocycles. The van der Waals surface area contributed by atoms with Crippen LogP contribution in [0.25, 0.3) is 11.3 Å². The molecule has 2 aromatic carbocycles. The van der Waals surface area contributed by atoms with E-state index in [1.165, 1.54) is 30.7 Å². The van der Waals surface area contributed by atoms with Gasteiger partial charge in [0.15, 0.2) is 5.82 Å². The van der Waals surface area contributed by atoms with Crippen LogP contribution in [-0.4, -0.2) is 20.8 Å². The van der Waals surface area contributed by atoms with Crippen molar-refractivity contribution in [1.29, 1.82) is 0 Å². The summed E-state index contributed by atoms with van der Waals surface area (Å²) in [6, 6.07) is 15.4. The number of rotatable bonds is 4. The lowest BCUT2D eigenvalue weighted by Crippen LogP contribution is -2.13. The molecule has 3 heterocycles. The summed E-state index contributed by atoms with van der Waals surface area (Å²) < 4.78 is 34.2. The van der Waals surface area contributed by atoms with Gasteiger partial charge in [0.2, 0.25) is 11.8 Å². The maximum absolute atomic E-state index is 15.0. The molecule has 0 fully saturated rings. The third-order valence-electron chi connectivity index (χ3n) is 4.59. The summed E-state index contributed by atoms with van der Waals surface area (Å²) in [5.74, 6) is 0.0109. The second-order valence-corrected chi connectivity index (χ2v) is 7.45. The first-order valence-corrected chi connectivity index (χ1v) is 10.1. The summed E-state index contributed by atoms with van der Waals surface area (Å²) in [7, 11) is 0. The van der Waals surface area contributed by atoms with Gasteiger partial charge in [0.25, 0.3) is 0 Å². The zero-order chi connectivity index (χ0) is 20.5. The number of hydrogen-bond acceptors (Lipinski definition) is 6. The Kier molecular flexibility index (Phi) is 4.76. The molecule has 4 aromatic rings. The van der Waals surface area contributed by atoms with E-state index in [1.807, 2.05) is 29.2 Å². The van der Waals surface area contributed by atoms with Gasteiger partial charge in [-0.3, -0.25) is 0 Å². The van der Waals surface area contributed by atoms with Crippen molar-refractivity contribution >= 4 is 23.1 Å². The number of halogens is 2. The number of thioether (sulfide) groups is 1. The fourth-order valence-electron chi connectivity index (χ4n) is 3.23. The number of aromatic nitrogens is 3. The van der Waals surface area contributed by atoms with Gasteiger partial charge in [0.05, 0.1) is 17.3 Å². The third kappa shape index (κ3) is 3.46. The fraction of sp³-hybridized carbons (Fsp3) is 0.0455. The lowest BCUT2D eigenvalue weighted by Gasteiger charge is -2.19. The average Bonchev–Trinajstić information content (AvgIpc) is 3.18. The topological polar surface area (TPSA) is 51.1 Å². The first kappa shape index (κ1) is 18.5. The molecule has 5 rings (SSSR count). The van der Waals surface area contributed by atoms with Gasteiger partial charge in [-0.25, -0.2) is 19.3 Å². The highest BCUT2D eigenvalue weighted by molar-refractivity contribution is 7.99. The number of hydrogen-bond donors (Lipinski definition) is 0. The van der Waals surface area contributed by atoms with Crippen LogP contribution < -0.4 is 9.64 Å². The number of benzene rings is 2. The molecule has 0 N–H and O–H groups in total. The second-order valence-electron chi connectivity index (χ2n) is 6.46. The van der Waals surface area contributed by atoms with Crippen molar-refractivity contribution in [3.8, 4) is 22.9 Å². The normalized spacial score (nSPS) is 12.7. The van der Waals surface area contributed by atoms with Crippen LogP contribution in [0.15, 0.2) is 78.1 Å². The number of fused-ring (bicyclic) bond motifs is 1. The summed E-state index contributed by atoms with van der Waals surface area (Å²) >= 11 is 1.66. The van der Waals surface area contributed by atoms with Gasteiger partial charge >= 0.3 is 0 Å². The number of anilines is 2. The molecule has 0 atom stereocenters. The molecule has 0 saturated carbocycles. The highest BCUT2D eigenvalue weighted by Gasteiger charge is 2.23. The van der Waals surface area contributed by atoms with E-state index in [1.54, 1.807) is 30.0 Å². The van der Waals surface area contributed by atoms with Gasteiger partial charge in [-0.1, -0.05) is 12.1 Å². The Labute approximate surface area is 175 Å². The molecule has 8 heteroatoms. The molecule has 2 aromatic heterocycles. The maximum atomic E-state index is 15.0. The molecular formula is C22H14F2N4OS. The molecule has 30 heavy (non-hydrogen) atoms. The Balaban J connectivity index is 1.45. The second kappa shape index (κ2) is 7.72. The van der Waals surface area contributed by atoms with Crippen LogP contribution in [0, 0.1) is 11.8 Å². The Morgan fingerprint density at radius 1 is 0.867 bits per heavy atom. The van der Waals surface area contributed by atoms with Crippen molar-refractivity contribution in [2.24, 2.45) is 0 Å². The zero-order valence-electron chi connectivity index (χ0n) is 15.5. The minimum atomic E-state index is -0.636. The summed E-state index contributed by atoms with van der Waals surface area (Å²) in [6.07, 6.45) is 4.27. The van der Waals surface area contributed by atoms with Crippen LogP contribution >= 0.6 is 11.8 Å². The molecule has 0 unspecified atom stereocenters. The largest absolute Gasteiger partial charge is 0.437 e. The van der Waals surface area contributed by atoms with E-state index >= 15 is 0 Å². The highest BCUT2D eigenvalue weighted by atomic mass is 32.2. The molecule has 1 aliphatic heterocycles. The predicted octanol–water partition coefficient (Wildman–Crippen LogP) is 5.81. The van der Waals surface area contributed by atoms with Crippen LogP contribution in [-0.2, 0) is 0 Å². The molecule has 5 nitrogen and oxygen atoms in total. The molecule has 0 saturated heterocycles. The van der Waals surface area contributed by atoms with Crippen LogP contribution in [0.4, 0.5) is 20.2 Å². The fourth-order valence-corrected chi connectivity index (χ4v) is 4.28. The Bertz CT molecular complexity index is 1240. The highest BCUT2D eigenvalue weighted by Crippen LogP contribution is 2.44. The van der Waals surface area contributed by atoms with Crippen molar-refractivity contribution in [3.63, 3.8) is 0 Å². The van der Waals surface area contributed by atoms with E-state index in [0.29, 0.717) is 22.8 Å². The van der Waals surface area contributed by atoms with Crippen LogP contribution in [0.5, 0.6) is 11.6 Å². The van der Waals surface area contributed by atoms with Crippen molar-refractivity contribution in [3.05, 3.63) is 85.0 Å². The number of para-hydroxylation sites is 1. The lowest BCUT2D eigenvalue weighted by atomic mass is 10.2. The lowest BCUT2D eigenvalue weighted by molar-refractivity contribution is 0.457. The molecule has 0 bridgehead atoms. The molecule has 0 spiro atoms. The molecular weight excluding hydrogens is 406 g/mol. The van der Waals surface area contributed by atoms with Crippen molar-refractivity contribution in [1.82, 2.24) is 15.0 Å². The van der Waals surface area contributed by atoms with Gasteiger partial charge in [-0.05, 0) is 30.3 Å². The number of pyridine rings is 1. The van der Waals surface area contributed by atoms with Crippen LogP contribution in [0.3, 0.4) is 0 Å². The van der Waals surface area contributed by atoms with E-state index in [4.69, 9.17) is 4.74 Å². The Morgan fingerprint density at radius 3 is 2.60 bits per heavy atom. The summed E-state index contributed by atoms with van der Waals surface area (Å²) in [6.45, 7) is 0.